The molecule has 4 N–H and O–H groups in total. The highest BCUT2D eigenvalue weighted by molar-refractivity contribution is 7.22. The standard InChI is InChI=1S/C26H23F2N7O3S/c1-37-26-32-21-16(24(33-26)35-7-5-34(6-8-35)18(36)11-29)10-15(13-4-9-38-12-13)19(20(21)28)14-2-3-17(27)23-22(14)31-25(30)39-23/h2-4,9-10,12H,5-8,11,29H2,1H3,(H2,30,31). The number of methoxy groups -OCH3 is 1. The number of carbonyl (C=O) groups excluding carboxylic acids is 1. The number of halogens is 2. The summed E-state index contributed by atoms with van der Waals surface area (Å²) in [7, 11) is 1.41. The van der Waals surface area contributed by atoms with E-state index >= 15 is 4.39 Å². The predicted molar refractivity (Wildman–Crippen MR) is 145 cm³/mol. The minimum Gasteiger partial charge on any atom is -0.472 e. The van der Waals surface area contributed by atoms with Crippen LogP contribution in [0.5, 0.6) is 6.01 Å². The van der Waals surface area contributed by atoms with Crippen LogP contribution in [0.3, 0.4) is 0 Å². The number of carbonyl (C=O) groups is 1. The molecular formula is C26H23F2N7O3S. The highest BCUT2D eigenvalue weighted by Crippen LogP contribution is 2.44. The summed E-state index contributed by atoms with van der Waals surface area (Å²) in [5.41, 5.74) is 13.3. The monoisotopic (exact) mass is 551 g/mol. The quantitative estimate of drug-likeness (QED) is 0.335. The van der Waals surface area contributed by atoms with Crippen molar-refractivity contribution in [2.24, 2.45) is 5.73 Å². The molecule has 3 aromatic heterocycles. The van der Waals surface area contributed by atoms with E-state index < -0.39 is 11.6 Å². The third kappa shape index (κ3) is 4.19. The summed E-state index contributed by atoms with van der Waals surface area (Å²) in [6, 6.07) is 6.24. The normalized spacial score (nSPS) is 13.9. The molecule has 0 unspecified atom stereocenters. The van der Waals surface area contributed by atoms with Gasteiger partial charge in [-0.3, -0.25) is 4.79 Å². The number of furan rings is 1. The van der Waals surface area contributed by atoms with Crippen LogP contribution in [-0.2, 0) is 4.79 Å². The fourth-order valence-corrected chi connectivity index (χ4v) is 5.69. The van der Waals surface area contributed by atoms with E-state index in [0.717, 1.165) is 11.3 Å². The molecule has 0 radical (unpaired) electrons. The van der Waals surface area contributed by atoms with E-state index in [2.05, 4.69) is 15.0 Å². The maximum absolute atomic E-state index is 16.7. The summed E-state index contributed by atoms with van der Waals surface area (Å²) in [6.07, 6.45) is 2.99. The molecule has 0 spiro atoms. The molecule has 39 heavy (non-hydrogen) atoms. The second-order valence-electron chi connectivity index (χ2n) is 8.95. The van der Waals surface area contributed by atoms with Crippen molar-refractivity contribution >= 4 is 49.3 Å². The smallest absolute Gasteiger partial charge is 0.318 e. The zero-order valence-corrected chi connectivity index (χ0v) is 21.6. The lowest BCUT2D eigenvalue weighted by molar-refractivity contribution is -0.129. The average molecular weight is 552 g/mol. The van der Waals surface area contributed by atoms with Gasteiger partial charge in [0.1, 0.15) is 17.2 Å². The summed E-state index contributed by atoms with van der Waals surface area (Å²) < 4.78 is 42.2. The van der Waals surface area contributed by atoms with Crippen LogP contribution in [0, 0.1) is 11.6 Å². The third-order valence-electron chi connectivity index (χ3n) is 6.79. The molecule has 1 saturated heterocycles. The second-order valence-corrected chi connectivity index (χ2v) is 9.98. The van der Waals surface area contributed by atoms with Crippen molar-refractivity contribution < 1.29 is 22.7 Å². The van der Waals surface area contributed by atoms with Gasteiger partial charge in [-0.25, -0.2) is 13.8 Å². The van der Waals surface area contributed by atoms with Gasteiger partial charge in [-0.2, -0.15) is 9.97 Å². The number of amides is 1. The van der Waals surface area contributed by atoms with Crippen LogP contribution < -0.4 is 21.1 Å². The van der Waals surface area contributed by atoms with Gasteiger partial charge >= 0.3 is 6.01 Å². The summed E-state index contributed by atoms with van der Waals surface area (Å²) in [5.74, 6) is -0.810. The van der Waals surface area contributed by atoms with Gasteiger partial charge in [0.2, 0.25) is 5.91 Å². The molecule has 5 aromatic rings. The average Bonchev–Trinajstić information content (AvgIpc) is 3.63. The maximum atomic E-state index is 16.7. The van der Waals surface area contributed by atoms with Crippen molar-refractivity contribution in [3.05, 3.63) is 48.4 Å². The minimum absolute atomic E-state index is 0.0129. The Balaban J connectivity index is 1.60. The number of thiazole rings is 1. The highest BCUT2D eigenvalue weighted by atomic mass is 32.1. The second kappa shape index (κ2) is 9.75. The van der Waals surface area contributed by atoms with Crippen LogP contribution in [0.2, 0.25) is 0 Å². The molecule has 4 heterocycles. The van der Waals surface area contributed by atoms with E-state index in [-0.39, 0.29) is 44.9 Å². The van der Waals surface area contributed by atoms with Crippen LogP contribution in [0.15, 0.2) is 41.2 Å². The van der Waals surface area contributed by atoms with Crippen LogP contribution in [0.25, 0.3) is 43.4 Å². The lowest BCUT2D eigenvalue weighted by Gasteiger charge is -2.35. The van der Waals surface area contributed by atoms with Crippen molar-refractivity contribution in [1.29, 1.82) is 0 Å². The van der Waals surface area contributed by atoms with Gasteiger partial charge in [-0.15, -0.1) is 0 Å². The number of hydrogen-bond donors (Lipinski definition) is 2. The molecule has 0 aliphatic carbocycles. The summed E-state index contributed by atoms with van der Waals surface area (Å²) in [6.45, 7) is 1.74. The van der Waals surface area contributed by atoms with Gasteiger partial charge < -0.3 is 30.4 Å². The molecule has 1 aliphatic heterocycles. The van der Waals surface area contributed by atoms with Gasteiger partial charge in [0, 0.05) is 48.3 Å². The zero-order valence-electron chi connectivity index (χ0n) is 20.8. The Morgan fingerprint density at radius 1 is 1.10 bits per heavy atom. The predicted octanol–water partition coefficient (Wildman–Crippen LogP) is 3.64. The van der Waals surface area contributed by atoms with Crippen molar-refractivity contribution in [3.8, 4) is 28.3 Å². The minimum atomic E-state index is -0.651. The number of anilines is 2. The Bertz CT molecular complexity index is 1720. The Labute approximate surface area is 224 Å². The van der Waals surface area contributed by atoms with E-state index in [9.17, 15) is 9.18 Å². The Hall–Kier alpha value is -4.36. The summed E-state index contributed by atoms with van der Waals surface area (Å²) >= 11 is 0.994. The molecule has 200 valence electrons. The van der Waals surface area contributed by atoms with Gasteiger partial charge in [-0.1, -0.05) is 11.3 Å². The zero-order chi connectivity index (χ0) is 27.3. The number of aromatic nitrogens is 3. The Morgan fingerprint density at radius 2 is 1.90 bits per heavy atom. The largest absolute Gasteiger partial charge is 0.472 e. The Morgan fingerprint density at radius 3 is 2.59 bits per heavy atom. The Kier molecular flexibility index (Phi) is 6.23. The number of hydrogen-bond acceptors (Lipinski definition) is 10. The number of nitrogen functional groups attached to an aromatic ring is 1. The number of fused-ring (bicyclic) bond motifs is 2. The first-order chi connectivity index (χ1) is 18.9. The van der Waals surface area contributed by atoms with E-state index in [1.807, 2.05) is 4.90 Å². The van der Waals surface area contributed by atoms with Crippen LogP contribution in [0.1, 0.15) is 0 Å². The molecule has 0 atom stereocenters. The molecule has 1 aliphatic rings. The van der Waals surface area contributed by atoms with E-state index in [0.29, 0.717) is 54.1 Å². The molecule has 6 rings (SSSR count). The van der Waals surface area contributed by atoms with Crippen molar-refractivity contribution in [3.63, 3.8) is 0 Å². The molecule has 13 heteroatoms. The molecule has 0 bridgehead atoms. The molecule has 0 saturated carbocycles. The van der Waals surface area contributed by atoms with E-state index in [4.69, 9.17) is 20.6 Å². The topological polar surface area (TPSA) is 137 Å². The first kappa shape index (κ1) is 24.9. The van der Waals surface area contributed by atoms with Gasteiger partial charge in [0.25, 0.3) is 0 Å². The number of piperazine rings is 1. The first-order valence-electron chi connectivity index (χ1n) is 12.1. The molecular weight excluding hydrogens is 528 g/mol. The lowest BCUT2D eigenvalue weighted by atomic mass is 9.92. The number of benzene rings is 2. The van der Waals surface area contributed by atoms with Crippen molar-refractivity contribution in [2.45, 2.75) is 0 Å². The number of nitrogens with two attached hydrogens (primary N) is 2. The highest BCUT2D eigenvalue weighted by Gasteiger charge is 2.28. The lowest BCUT2D eigenvalue weighted by Crippen LogP contribution is -2.50. The fourth-order valence-electron chi connectivity index (χ4n) is 4.92. The van der Waals surface area contributed by atoms with E-state index in [1.54, 1.807) is 17.0 Å². The maximum Gasteiger partial charge on any atom is 0.318 e. The number of nitrogens with zero attached hydrogens (tertiary/aromatic N) is 5. The number of ether oxygens (including phenoxy) is 1. The van der Waals surface area contributed by atoms with Gasteiger partial charge in [0.05, 0.1) is 36.4 Å². The van der Waals surface area contributed by atoms with Gasteiger partial charge in [-0.05, 0) is 29.8 Å². The van der Waals surface area contributed by atoms with Crippen LogP contribution in [0.4, 0.5) is 19.7 Å². The summed E-state index contributed by atoms with van der Waals surface area (Å²) in [5, 5.41) is 0.615. The van der Waals surface area contributed by atoms with Gasteiger partial charge in [0.15, 0.2) is 10.9 Å². The van der Waals surface area contributed by atoms with Crippen molar-refractivity contribution in [2.75, 3.05) is 50.5 Å². The van der Waals surface area contributed by atoms with E-state index in [1.165, 1.54) is 31.8 Å². The first-order valence-corrected chi connectivity index (χ1v) is 12.9. The molecule has 2 aromatic carbocycles. The molecule has 10 nitrogen and oxygen atoms in total. The molecule has 1 fully saturated rings. The SMILES string of the molecule is COc1nc(N2CCN(C(=O)CN)CC2)c2cc(-c3ccoc3)c(-c3ccc(F)c4sc(N)nc34)c(F)c2n1. The summed E-state index contributed by atoms with van der Waals surface area (Å²) in [4.78, 5) is 28.9. The molecule has 1 amide bonds. The van der Waals surface area contributed by atoms with Crippen LogP contribution >= 0.6 is 11.3 Å². The third-order valence-corrected chi connectivity index (χ3v) is 7.69. The van der Waals surface area contributed by atoms with Crippen molar-refractivity contribution in [1.82, 2.24) is 19.9 Å². The fraction of sp³-hybridized carbons (Fsp3) is 0.231. The van der Waals surface area contributed by atoms with Crippen LogP contribution in [-0.4, -0.2) is 65.6 Å². The number of rotatable bonds is 5.